The van der Waals surface area contributed by atoms with E-state index in [4.69, 9.17) is 5.11 Å². The van der Waals surface area contributed by atoms with Crippen molar-refractivity contribution in [2.45, 2.75) is 31.7 Å². The third-order valence-electron chi connectivity index (χ3n) is 3.01. The van der Waals surface area contributed by atoms with Crippen LogP contribution in [0, 0.1) is 10.1 Å². The fraction of sp³-hybridized carbons (Fsp3) is 0.462. The summed E-state index contributed by atoms with van der Waals surface area (Å²) in [7, 11) is 0. The van der Waals surface area contributed by atoms with Gasteiger partial charge in [-0.15, -0.1) is 0 Å². The highest BCUT2D eigenvalue weighted by atomic mass is 19.4. The summed E-state index contributed by atoms with van der Waals surface area (Å²) < 4.78 is 36.2. The molecule has 0 aliphatic heterocycles. The molecule has 10 heteroatoms. The number of nitrogens with one attached hydrogen (secondary N) is 2. The molecule has 1 aromatic carbocycles. The van der Waals surface area contributed by atoms with Gasteiger partial charge >= 0.3 is 12.2 Å². The predicted octanol–water partition coefficient (Wildman–Crippen LogP) is 2.27. The number of alkyl halides is 3. The second-order valence-electron chi connectivity index (χ2n) is 4.82. The van der Waals surface area contributed by atoms with Gasteiger partial charge in [-0.3, -0.25) is 10.1 Å². The van der Waals surface area contributed by atoms with Crippen LogP contribution in [-0.4, -0.2) is 34.9 Å². The van der Waals surface area contributed by atoms with Gasteiger partial charge in [0, 0.05) is 18.7 Å². The van der Waals surface area contributed by atoms with Crippen molar-refractivity contribution in [2.75, 3.05) is 6.54 Å². The molecule has 23 heavy (non-hydrogen) atoms. The minimum atomic E-state index is -4.73. The smallest absolute Gasteiger partial charge is 0.384 e. The van der Waals surface area contributed by atoms with Crippen molar-refractivity contribution < 1.29 is 28.0 Å². The van der Waals surface area contributed by atoms with Crippen LogP contribution in [0.4, 0.5) is 23.7 Å². The number of rotatable bonds is 6. The fourth-order valence-corrected chi connectivity index (χ4v) is 1.72. The summed E-state index contributed by atoms with van der Waals surface area (Å²) in [5, 5.41) is 24.1. The highest BCUT2D eigenvalue weighted by molar-refractivity contribution is 5.74. The van der Waals surface area contributed by atoms with Crippen LogP contribution in [-0.2, 0) is 0 Å². The maximum absolute atomic E-state index is 12.1. The van der Waals surface area contributed by atoms with E-state index in [-0.39, 0.29) is 12.2 Å². The quantitative estimate of drug-likeness (QED) is 0.548. The number of carbonyl (C=O) groups excluding carboxylic acids is 1. The molecule has 0 fully saturated rings. The Balaban J connectivity index is 2.48. The van der Waals surface area contributed by atoms with Crippen LogP contribution < -0.4 is 10.6 Å². The van der Waals surface area contributed by atoms with Crippen molar-refractivity contribution >= 4 is 11.7 Å². The number of carbonyl (C=O) groups is 1. The molecule has 1 aromatic rings. The molecule has 128 valence electrons. The summed E-state index contributed by atoms with van der Waals surface area (Å²) in [5.74, 6) is 0. The van der Waals surface area contributed by atoms with Crippen LogP contribution in [0.15, 0.2) is 24.3 Å². The van der Waals surface area contributed by atoms with Gasteiger partial charge in [-0.05, 0) is 18.9 Å². The molecule has 1 rings (SSSR count). The Morgan fingerprint density at radius 3 is 2.65 bits per heavy atom. The number of non-ortho nitro benzene ring substituents is 1. The van der Waals surface area contributed by atoms with Crippen LogP contribution >= 0.6 is 0 Å². The first kappa shape index (κ1) is 18.7. The van der Waals surface area contributed by atoms with Gasteiger partial charge in [0.2, 0.25) is 0 Å². The first-order valence-corrected chi connectivity index (χ1v) is 6.64. The van der Waals surface area contributed by atoms with Crippen LogP contribution in [0.3, 0.4) is 0 Å². The number of hydrogen-bond donors (Lipinski definition) is 3. The summed E-state index contributed by atoms with van der Waals surface area (Å²) in [6, 6.07) is 4.31. The second kappa shape index (κ2) is 7.77. The average molecular weight is 335 g/mol. The first-order chi connectivity index (χ1) is 10.6. The molecule has 7 nitrogen and oxygen atoms in total. The van der Waals surface area contributed by atoms with Crippen molar-refractivity contribution in [3.8, 4) is 0 Å². The summed E-state index contributed by atoms with van der Waals surface area (Å²) in [6.07, 6.45) is -7.90. The average Bonchev–Trinajstić information content (AvgIpc) is 2.46. The van der Waals surface area contributed by atoms with E-state index in [1.807, 2.05) is 0 Å². The molecular weight excluding hydrogens is 319 g/mol. The number of nitrogens with zero attached hydrogens (tertiary/aromatic N) is 1. The largest absolute Gasteiger partial charge is 0.414 e. The molecule has 3 N–H and O–H groups in total. The van der Waals surface area contributed by atoms with Crippen molar-refractivity contribution in [1.82, 2.24) is 10.6 Å². The molecule has 0 heterocycles. The maximum Gasteiger partial charge on any atom is 0.414 e. The molecule has 2 amide bonds. The van der Waals surface area contributed by atoms with Gasteiger partial charge in [0.05, 0.1) is 11.0 Å². The lowest BCUT2D eigenvalue weighted by Crippen LogP contribution is -2.40. The molecule has 0 spiro atoms. The number of nitro benzene ring substituents is 1. The van der Waals surface area contributed by atoms with Crippen LogP contribution in [0.1, 0.15) is 24.9 Å². The van der Waals surface area contributed by atoms with Crippen LogP contribution in [0.2, 0.25) is 0 Å². The monoisotopic (exact) mass is 335 g/mol. The van der Waals surface area contributed by atoms with E-state index >= 15 is 0 Å². The Morgan fingerprint density at radius 1 is 1.43 bits per heavy atom. The Bertz CT molecular complexity index is 566. The molecule has 0 aliphatic rings. The van der Waals surface area contributed by atoms with E-state index in [2.05, 4.69) is 10.6 Å². The number of aliphatic hydroxyl groups is 1. The van der Waals surface area contributed by atoms with Gasteiger partial charge in [0.15, 0.2) is 6.10 Å². The molecule has 2 atom stereocenters. The number of benzene rings is 1. The molecular formula is C13H16F3N3O4. The van der Waals surface area contributed by atoms with E-state index in [0.29, 0.717) is 5.56 Å². The summed E-state index contributed by atoms with van der Waals surface area (Å²) in [4.78, 5) is 21.7. The Hall–Kier alpha value is -2.36. The van der Waals surface area contributed by atoms with Crippen molar-refractivity contribution in [3.05, 3.63) is 39.9 Å². The zero-order valence-corrected chi connectivity index (χ0v) is 12.1. The van der Waals surface area contributed by atoms with Gasteiger partial charge in [0.25, 0.3) is 5.69 Å². The number of hydrogen-bond acceptors (Lipinski definition) is 4. The number of halogens is 3. The molecule has 0 saturated heterocycles. The van der Waals surface area contributed by atoms with E-state index in [1.54, 1.807) is 13.0 Å². The predicted molar refractivity (Wildman–Crippen MR) is 74.7 cm³/mol. The number of amides is 2. The lowest BCUT2D eigenvalue weighted by Gasteiger charge is -2.17. The van der Waals surface area contributed by atoms with Crippen molar-refractivity contribution in [3.63, 3.8) is 0 Å². The molecule has 0 bridgehead atoms. The highest BCUT2D eigenvalue weighted by Crippen LogP contribution is 2.22. The lowest BCUT2D eigenvalue weighted by atomic mass is 10.1. The highest BCUT2D eigenvalue weighted by Gasteiger charge is 2.37. The standard InChI is InChI=1S/C13H16F3N3O4/c1-8(9-3-2-4-10(7-9)19(22)23)18-12(21)17-6-5-11(20)13(14,15)16/h2-4,7-8,11,20H,5-6H2,1H3,(H2,17,18,21)/t8-,11-/m0/s1. The molecule has 0 aromatic heterocycles. The van der Waals surface area contributed by atoms with Gasteiger partial charge in [-0.25, -0.2) is 4.79 Å². The molecule has 0 saturated carbocycles. The van der Waals surface area contributed by atoms with Gasteiger partial charge in [-0.2, -0.15) is 13.2 Å². The third-order valence-corrected chi connectivity index (χ3v) is 3.01. The fourth-order valence-electron chi connectivity index (χ4n) is 1.72. The Morgan fingerprint density at radius 2 is 2.09 bits per heavy atom. The summed E-state index contributed by atoms with van der Waals surface area (Å²) >= 11 is 0. The summed E-state index contributed by atoms with van der Waals surface area (Å²) in [6.45, 7) is 1.21. The van der Waals surface area contributed by atoms with Gasteiger partial charge in [0.1, 0.15) is 0 Å². The Kier molecular flexibility index (Phi) is 6.31. The first-order valence-electron chi connectivity index (χ1n) is 6.64. The number of urea groups is 1. The van der Waals surface area contributed by atoms with E-state index in [0.717, 1.165) is 0 Å². The topological polar surface area (TPSA) is 104 Å². The van der Waals surface area contributed by atoms with E-state index in [1.165, 1.54) is 18.2 Å². The molecule has 0 aliphatic carbocycles. The van der Waals surface area contributed by atoms with Gasteiger partial charge in [-0.1, -0.05) is 12.1 Å². The van der Waals surface area contributed by atoms with Crippen molar-refractivity contribution in [2.24, 2.45) is 0 Å². The summed E-state index contributed by atoms with van der Waals surface area (Å²) in [5.41, 5.74) is 0.342. The van der Waals surface area contributed by atoms with Gasteiger partial charge < -0.3 is 15.7 Å². The zero-order chi connectivity index (χ0) is 17.6. The minimum absolute atomic E-state index is 0.134. The minimum Gasteiger partial charge on any atom is -0.384 e. The third kappa shape index (κ3) is 6.10. The SMILES string of the molecule is C[C@H](NC(=O)NCC[C@H](O)C(F)(F)F)c1cccc([N+](=O)[O-])c1. The second-order valence-corrected chi connectivity index (χ2v) is 4.82. The Labute approximate surface area is 129 Å². The zero-order valence-electron chi connectivity index (χ0n) is 12.1. The number of aliphatic hydroxyl groups excluding tert-OH is 1. The maximum atomic E-state index is 12.1. The normalized spacial score (nSPS) is 14.0. The van der Waals surface area contributed by atoms with E-state index in [9.17, 15) is 28.1 Å². The van der Waals surface area contributed by atoms with Crippen LogP contribution in [0.5, 0.6) is 0 Å². The van der Waals surface area contributed by atoms with Crippen LogP contribution in [0.25, 0.3) is 0 Å². The number of nitro groups is 1. The molecule has 0 unspecified atom stereocenters. The van der Waals surface area contributed by atoms with E-state index < -0.39 is 35.7 Å². The molecule has 0 radical (unpaired) electrons. The lowest BCUT2D eigenvalue weighted by molar-refractivity contribution is -0.384. The van der Waals surface area contributed by atoms with Crippen molar-refractivity contribution in [1.29, 1.82) is 0 Å².